The van der Waals surface area contributed by atoms with Crippen LogP contribution >= 0.6 is 11.3 Å². The van der Waals surface area contributed by atoms with Gasteiger partial charge in [0.25, 0.3) is 11.8 Å². The van der Waals surface area contributed by atoms with Crippen molar-refractivity contribution in [1.29, 1.82) is 0 Å². The van der Waals surface area contributed by atoms with Gasteiger partial charge in [-0.3, -0.25) is 14.9 Å². The van der Waals surface area contributed by atoms with Crippen LogP contribution < -0.4 is 10.6 Å². The predicted octanol–water partition coefficient (Wildman–Crippen LogP) is 3.96. The van der Waals surface area contributed by atoms with Gasteiger partial charge in [0.05, 0.1) is 0 Å². The van der Waals surface area contributed by atoms with Gasteiger partial charge in [-0.15, -0.1) is 11.3 Å². The average molecular weight is 337 g/mol. The second kappa shape index (κ2) is 7.06. The molecule has 0 aliphatic rings. The fourth-order valence-electron chi connectivity index (χ4n) is 2.14. The molecule has 0 unspecified atom stereocenters. The molecule has 6 heteroatoms. The van der Waals surface area contributed by atoms with Crippen molar-refractivity contribution in [3.63, 3.8) is 0 Å². The number of rotatable bonds is 4. The van der Waals surface area contributed by atoms with Crippen LogP contribution in [0.1, 0.15) is 26.3 Å². The predicted molar refractivity (Wildman–Crippen MR) is 95.6 cm³/mol. The maximum absolute atomic E-state index is 12.3. The summed E-state index contributed by atoms with van der Waals surface area (Å²) < 4.78 is 0. The molecule has 0 fully saturated rings. The van der Waals surface area contributed by atoms with Crippen molar-refractivity contribution in [3.05, 3.63) is 76.8 Å². The number of aryl methyl sites for hydroxylation is 1. The van der Waals surface area contributed by atoms with Gasteiger partial charge >= 0.3 is 0 Å². The van der Waals surface area contributed by atoms with E-state index in [1.807, 2.05) is 13.0 Å². The second-order valence-electron chi connectivity index (χ2n) is 5.14. The van der Waals surface area contributed by atoms with E-state index >= 15 is 0 Å². The number of thiazole rings is 1. The molecule has 24 heavy (non-hydrogen) atoms. The van der Waals surface area contributed by atoms with Crippen LogP contribution in [0.5, 0.6) is 0 Å². The summed E-state index contributed by atoms with van der Waals surface area (Å²) in [5, 5.41) is 7.90. The minimum atomic E-state index is -0.264. The normalized spacial score (nSPS) is 10.2. The summed E-state index contributed by atoms with van der Waals surface area (Å²) in [7, 11) is 0. The Hall–Kier alpha value is -2.99. The molecular weight excluding hydrogens is 322 g/mol. The fourth-order valence-corrected chi connectivity index (χ4v) is 2.66. The Balaban J connectivity index is 1.79. The maximum atomic E-state index is 12.3. The van der Waals surface area contributed by atoms with Crippen LogP contribution in [0.15, 0.2) is 60.1 Å². The summed E-state index contributed by atoms with van der Waals surface area (Å²) in [4.78, 5) is 28.6. The SMILES string of the molecule is Cc1ccc(C(=O)Nc2nccs2)cc1NC(=O)c1ccccc1. The third-order valence-corrected chi connectivity index (χ3v) is 4.13. The zero-order valence-electron chi connectivity index (χ0n) is 12.9. The minimum absolute atomic E-state index is 0.212. The summed E-state index contributed by atoms with van der Waals surface area (Å²) in [5.74, 6) is -0.476. The molecule has 0 radical (unpaired) electrons. The lowest BCUT2D eigenvalue weighted by atomic mass is 10.1. The standard InChI is InChI=1S/C18H15N3O2S/c1-12-7-8-14(17(23)21-18-19-9-10-24-18)11-15(12)20-16(22)13-5-3-2-4-6-13/h2-11H,1H3,(H,20,22)(H,19,21,23). The number of aromatic nitrogens is 1. The quantitative estimate of drug-likeness (QED) is 0.757. The summed E-state index contributed by atoms with van der Waals surface area (Å²) >= 11 is 1.35. The molecule has 0 aliphatic heterocycles. The first-order valence-electron chi connectivity index (χ1n) is 7.31. The van der Waals surface area contributed by atoms with Crippen molar-refractivity contribution < 1.29 is 9.59 Å². The zero-order chi connectivity index (χ0) is 16.9. The third kappa shape index (κ3) is 3.67. The molecule has 2 aromatic carbocycles. The van der Waals surface area contributed by atoms with E-state index in [0.717, 1.165) is 5.56 Å². The number of hydrogen-bond acceptors (Lipinski definition) is 4. The van der Waals surface area contributed by atoms with Gasteiger partial charge in [-0.25, -0.2) is 4.98 Å². The summed E-state index contributed by atoms with van der Waals surface area (Å²) in [5.41, 5.74) is 2.51. The molecule has 3 rings (SSSR count). The molecule has 0 saturated carbocycles. The molecule has 0 bridgehead atoms. The molecule has 0 atom stereocenters. The smallest absolute Gasteiger partial charge is 0.257 e. The number of amides is 2. The number of nitrogens with one attached hydrogen (secondary N) is 2. The number of nitrogens with zero attached hydrogens (tertiary/aromatic N) is 1. The van der Waals surface area contributed by atoms with Gasteiger partial charge in [-0.1, -0.05) is 24.3 Å². The monoisotopic (exact) mass is 337 g/mol. The van der Waals surface area contributed by atoms with Crippen molar-refractivity contribution in [3.8, 4) is 0 Å². The molecule has 0 spiro atoms. The lowest BCUT2D eigenvalue weighted by molar-refractivity contribution is 0.101. The Morgan fingerprint density at radius 2 is 1.71 bits per heavy atom. The van der Waals surface area contributed by atoms with E-state index in [-0.39, 0.29) is 11.8 Å². The Labute approximate surface area is 143 Å². The molecule has 2 N–H and O–H groups in total. The highest BCUT2D eigenvalue weighted by Gasteiger charge is 2.12. The Morgan fingerprint density at radius 1 is 0.958 bits per heavy atom. The van der Waals surface area contributed by atoms with Gasteiger partial charge in [0, 0.05) is 28.4 Å². The van der Waals surface area contributed by atoms with Gasteiger partial charge in [0.15, 0.2) is 5.13 Å². The molecular formula is C18H15N3O2S. The topological polar surface area (TPSA) is 71.1 Å². The number of benzene rings is 2. The highest BCUT2D eigenvalue weighted by Crippen LogP contribution is 2.19. The van der Waals surface area contributed by atoms with E-state index in [1.54, 1.807) is 54.0 Å². The van der Waals surface area contributed by atoms with Crippen molar-refractivity contribution >= 4 is 34.0 Å². The van der Waals surface area contributed by atoms with E-state index < -0.39 is 0 Å². The first kappa shape index (κ1) is 15.9. The van der Waals surface area contributed by atoms with E-state index in [9.17, 15) is 9.59 Å². The average Bonchev–Trinajstić information content (AvgIpc) is 3.10. The first-order chi connectivity index (χ1) is 11.6. The van der Waals surface area contributed by atoms with Gasteiger partial charge in [0.1, 0.15) is 0 Å². The minimum Gasteiger partial charge on any atom is -0.322 e. The highest BCUT2D eigenvalue weighted by atomic mass is 32.1. The van der Waals surface area contributed by atoms with Crippen molar-refractivity contribution in [1.82, 2.24) is 4.98 Å². The number of anilines is 2. The summed E-state index contributed by atoms with van der Waals surface area (Å²) in [6, 6.07) is 14.1. The highest BCUT2D eigenvalue weighted by molar-refractivity contribution is 7.13. The molecule has 5 nitrogen and oxygen atoms in total. The van der Waals surface area contributed by atoms with Gasteiger partial charge in [-0.2, -0.15) is 0 Å². The van der Waals surface area contributed by atoms with Crippen LogP contribution in [0.4, 0.5) is 10.8 Å². The second-order valence-corrected chi connectivity index (χ2v) is 6.04. The number of carbonyl (C=O) groups excluding carboxylic acids is 2. The lowest BCUT2D eigenvalue weighted by Crippen LogP contribution is -2.15. The zero-order valence-corrected chi connectivity index (χ0v) is 13.8. The van der Waals surface area contributed by atoms with Crippen molar-refractivity contribution in [2.45, 2.75) is 6.92 Å². The first-order valence-corrected chi connectivity index (χ1v) is 8.19. The number of hydrogen-bond donors (Lipinski definition) is 2. The summed E-state index contributed by atoms with van der Waals surface area (Å²) in [6.45, 7) is 1.88. The van der Waals surface area contributed by atoms with Crippen LogP contribution in [-0.2, 0) is 0 Å². The van der Waals surface area contributed by atoms with E-state index in [1.165, 1.54) is 11.3 Å². The van der Waals surface area contributed by atoms with Gasteiger partial charge < -0.3 is 5.32 Å². The molecule has 2 amide bonds. The molecule has 3 aromatic rings. The lowest BCUT2D eigenvalue weighted by Gasteiger charge is -2.10. The molecule has 120 valence electrons. The van der Waals surface area contributed by atoms with E-state index in [0.29, 0.717) is 21.9 Å². The Morgan fingerprint density at radius 3 is 2.42 bits per heavy atom. The fraction of sp³-hybridized carbons (Fsp3) is 0.0556. The van der Waals surface area contributed by atoms with Crippen LogP contribution in [0.25, 0.3) is 0 Å². The van der Waals surface area contributed by atoms with Crippen LogP contribution in [0, 0.1) is 6.92 Å². The van der Waals surface area contributed by atoms with Gasteiger partial charge in [0.2, 0.25) is 0 Å². The Bertz CT molecular complexity index is 861. The van der Waals surface area contributed by atoms with Crippen LogP contribution in [-0.4, -0.2) is 16.8 Å². The summed E-state index contributed by atoms with van der Waals surface area (Å²) in [6.07, 6.45) is 1.63. The van der Waals surface area contributed by atoms with Crippen LogP contribution in [0.2, 0.25) is 0 Å². The maximum Gasteiger partial charge on any atom is 0.257 e. The van der Waals surface area contributed by atoms with E-state index in [2.05, 4.69) is 15.6 Å². The third-order valence-electron chi connectivity index (χ3n) is 3.44. The van der Waals surface area contributed by atoms with E-state index in [4.69, 9.17) is 0 Å². The van der Waals surface area contributed by atoms with Crippen molar-refractivity contribution in [2.75, 3.05) is 10.6 Å². The Kier molecular flexibility index (Phi) is 4.67. The van der Waals surface area contributed by atoms with Crippen LogP contribution in [0.3, 0.4) is 0 Å². The molecule has 0 aliphatic carbocycles. The number of carbonyl (C=O) groups is 2. The molecule has 0 saturated heterocycles. The van der Waals surface area contributed by atoms with Crippen molar-refractivity contribution in [2.24, 2.45) is 0 Å². The largest absolute Gasteiger partial charge is 0.322 e. The molecule has 1 aromatic heterocycles. The molecule has 1 heterocycles. The van der Waals surface area contributed by atoms with Gasteiger partial charge in [-0.05, 0) is 36.8 Å².